The first kappa shape index (κ1) is 17.8. The van der Waals surface area contributed by atoms with Crippen LogP contribution in [0.3, 0.4) is 0 Å². The van der Waals surface area contributed by atoms with E-state index in [9.17, 15) is 9.59 Å². The summed E-state index contributed by atoms with van der Waals surface area (Å²) in [5.74, 6) is -0.261. The number of esters is 2. The van der Waals surface area contributed by atoms with Gasteiger partial charge in [-0.25, -0.2) is 4.79 Å². The highest BCUT2D eigenvalue weighted by Crippen LogP contribution is 2.17. The van der Waals surface area contributed by atoms with E-state index in [0.717, 1.165) is 24.2 Å². The van der Waals surface area contributed by atoms with E-state index in [4.69, 9.17) is 4.74 Å². The van der Waals surface area contributed by atoms with Crippen molar-refractivity contribution in [3.63, 3.8) is 0 Å². The fourth-order valence-corrected chi connectivity index (χ4v) is 1.74. The van der Waals surface area contributed by atoms with Crippen molar-refractivity contribution in [3.8, 4) is 5.75 Å². The van der Waals surface area contributed by atoms with Crippen molar-refractivity contribution in [2.75, 3.05) is 20.8 Å². The van der Waals surface area contributed by atoms with Crippen LogP contribution in [0.1, 0.15) is 31.7 Å². The highest BCUT2D eigenvalue weighted by atomic mass is 16.5. The molecule has 0 amide bonds. The summed E-state index contributed by atoms with van der Waals surface area (Å²) >= 11 is 0. The van der Waals surface area contributed by atoms with E-state index in [1.165, 1.54) is 14.2 Å². The predicted octanol–water partition coefficient (Wildman–Crippen LogP) is 2.99. The zero-order valence-corrected chi connectivity index (χ0v) is 13.3. The van der Waals surface area contributed by atoms with Crippen LogP contribution in [0.5, 0.6) is 5.75 Å². The van der Waals surface area contributed by atoms with Gasteiger partial charge in [0, 0.05) is 5.57 Å². The van der Waals surface area contributed by atoms with Gasteiger partial charge in [0.1, 0.15) is 5.75 Å². The Morgan fingerprint density at radius 1 is 1.09 bits per heavy atom. The third kappa shape index (κ3) is 5.99. The van der Waals surface area contributed by atoms with Crippen LogP contribution in [-0.2, 0) is 19.1 Å². The summed E-state index contributed by atoms with van der Waals surface area (Å²) in [6.45, 7) is 2.79. The first-order valence-corrected chi connectivity index (χ1v) is 7.19. The standard InChI is InChI=1S/C17H22O5/c1-4-5-10-22-15-8-6-13(7-9-15)11-14(17(19)21-3)12-16(18)20-2/h6-9,11H,4-5,10,12H2,1-3H3. The molecule has 5 heteroatoms. The topological polar surface area (TPSA) is 61.8 Å². The Hall–Kier alpha value is -2.30. The van der Waals surface area contributed by atoms with Gasteiger partial charge in [0.2, 0.25) is 0 Å². The van der Waals surface area contributed by atoms with Crippen LogP contribution in [0.4, 0.5) is 0 Å². The van der Waals surface area contributed by atoms with Crippen LogP contribution in [0.2, 0.25) is 0 Å². The smallest absolute Gasteiger partial charge is 0.334 e. The average Bonchev–Trinajstić information content (AvgIpc) is 2.55. The van der Waals surface area contributed by atoms with Crippen molar-refractivity contribution in [3.05, 3.63) is 35.4 Å². The highest BCUT2D eigenvalue weighted by molar-refractivity contribution is 5.98. The first-order valence-electron chi connectivity index (χ1n) is 7.19. The van der Waals surface area contributed by atoms with Gasteiger partial charge in [-0.05, 0) is 30.2 Å². The zero-order chi connectivity index (χ0) is 16.4. The molecular formula is C17H22O5. The molecule has 0 aliphatic carbocycles. The lowest BCUT2D eigenvalue weighted by Gasteiger charge is -2.07. The van der Waals surface area contributed by atoms with Crippen LogP contribution >= 0.6 is 0 Å². The summed E-state index contributed by atoms with van der Waals surface area (Å²) < 4.78 is 14.8. The molecule has 0 saturated heterocycles. The number of unbranched alkanes of at least 4 members (excludes halogenated alkanes) is 1. The third-order valence-electron chi connectivity index (χ3n) is 3.00. The Bertz CT molecular complexity index is 516. The molecule has 5 nitrogen and oxygen atoms in total. The van der Waals surface area contributed by atoms with Crippen LogP contribution in [0.25, 0.3) is 6.08 Å². The van der Waals surface area contributed by atoms with Crippen LogP contribution in [0, 0.1) is 0 Å². The van der Waals surface area contributed by atoms with Crippen molar-refractivity contribution in [2.45, 2.75) is 26.2 Å². The number of ether oxygens (including phenoxy) is 3. The number of hydrogen-bond donors (Lipinski definition) is 0. The van der Waals surface area contributed by atoms with E-state index in [2.05, 4.69) is 16.4 Å². The third-order valence-corrected chi connectivity index (χ3v) is 3.00. The molecule has 120 valence electrons. The molecule has 0 bridgehead atoms. The molecule has 0 spiro atoms. The normalized spacial score (nSPS) is 11.0. The molecule has 0 aromatic heterocycles. The molecule has 1 aromatic carbocycles. The van der Waals surface area contributed by atoms with Gasteiger partial charge in [-0.2, -0.15) is 0 Å². The van der Waals surface area contributed by atoms with Crippen LogP contribution in [-0.4, -0.2) is 32.8 Å². The van der Waals surface area contributed by atoms with E-state index >= 15 is 0 Å². The zero-order valence-electron chi connectivity index (χ0n) is 13.3. The highest BCUT2D eigenvalue weighted by Gasteiger charge is 2.14. The van der Waals surface area contributed by atoms with Gasteiger partial charge < -0.3 is 14.2 Å². The largest absolute Gasteiger partial charge is 0.494 e. The van der Waals surface area contributed by atoms with E-state index in [1.54, 1.807) is 6.08 Å². The fraction of sp³-hybridized carbons (Fsp3) is 0.412. The van der Waals surface area contributed by atoms with Gasteiger partial charge in [-0.3, -0.25) is 4.79 Å². The van der Waals surface area contributed by atoms with Gasteiger partial charge in [-0.15, -0.1) is 0 Å². The molecule has 0 unspecified atom stereocenters. The summed E-state index contributed by atoms with van der Waals surface area (Å²) in [5.41, 5.74) is 1.03. The number of methoxy groups -OCH3 is 2. The van der Waals surface area contributed by atoms with Crippen molar-refractivity contribution >= 4 is 18.0 Å². The minimum atomic E-state index is -0.548. The second-order valence-electron chi connectivity index (χ2n) is 4.69. The van der Waals surface area contributed by atoms with Crippen molar-refractivity contribution in [1.82, 2.24) is 0 Å². The minimum Gasteiger partial charge on any atom is -0.494 e. The Labute approximate surface area is 130 Å². The Kier molecular flexibility index (Phi) is 7.75. The molecule has 0 fully saturated rings. The molecule has 22 heavy (non-hydrogen) atoms. The Morgan fingerprint density at radius 2 is 1.77 bits per heavy atom. The monoisotopic (exact) mass is 306 g/mol. The van der Waals surface area contributed by atoms with E-state index in [0.29, 0.717) is 6.61 Å². The lowest BCUT2D eigenvalue weighted by atomic mass is 10.1. The van der Waals surface area contributed by atoms with Gasteiger partial charge in [0.05, 0.1) is 27.2 Å². The second-order valence-corrected chi connectivity index (χ2v) is 4.69. The van der Waals surface area contributed by atoms with Crippen molar-refractivity contribution < 1.29 is 23.8 Å². The van der Waals surface area contributed by atoms with Gasteiger partial charge in [-0.1, -0.05) is 25.5 Å². The number of carbonyl (C=O) groups excluding carboxylic acids is 2. The number of hydrogen-bond acceptors (Lipinski definition) is 5. The lowest BCUT2D eigenvalue weighted by Crippen LogP contribution is -2.10. The summed E-state index contributed by atoms with van der Waals surface area (Å²) in [4.78, 5) is 23.0. The molecule has 1 rings (SSSR count). The molecule has 0 radical (unpaired) electrons. The first-order chi connectivity index (χ1) is 10.6. The number of rotatable bonds is 8. The minimum absolute atomic E-state index is 0.127. The maximum Gasteiger partial charge on any atom is 0.334 e. The molecule has 0 saturated carbocycles. The fourth-order valence-electron chi connectivity index (χ4n) is 1.74. The maximum atomic E-state index is 11.7. The molecule has 0 N–H and O–H groups in total. The molecule has 0 heterocycles. The second kappa shape index (κ2) is 9.60. The van der Waals surface area contributed by atoms with Gasteiger partial charge in [0.15, 0.2) is 0 Å². The Balaban J connectivity index is 2.81. The summed E-state index contributed by atoms with van der Waals surface area (Å²) in [6.07, 6.45) is 3.57. The summed E-state index contributed by atoms with van der Waals surface area (Å²) in [5, 5.41) is 0. The van der Waals surface area contributed by atoms with Crippen LogP contribution in [0.15, 0.2) is 29.8 Å². The van der Waals surface area contributed by atoms with Gasteiger partial charge in [0.25, 0.3) is 0 Å². The van der Waals surface area contributed by atoms with E-state index in [-0.39, 0.29) is 12.0 Å². The van der Waals surface area contributed by atoms with E-state index in [1.807, 2.05) is 24.3 Å². The molecule has 0 atom stereocenters. The Morgan fingerprint density at radius 3 is 2.32 bits per heavy atom. The predicted molar refractivity (Wildman–Crippen MR) is 83.5 cm³/mol. The number of carbonyl (C=O) groups is 2. The molecule has 0 aliphatic rings. The molecular weight excluding hydrogens is 284 g/mol. The SMILES string of the molecule is CCCCOc1ccc(C=C(CC(=O)OC)C(=O)OC)cc1. The average molecular weight is 306 g/mol. The van der Waals surface area contributed by atoms with Crippen molar-refractivity contribution in [1.29, 1.82) is 0 Å². The quantitative estimate of drug-likeness (QED) is 0.420. The molecule has 1 aromatic rings. The lowest BCUT2D eigenvalue weighted by molar-refractivity contribution is -0.143. The van der Waals surface area contributed by atoms with E-state index < -0.39 is 11.9 Å². The summed E-state index contributed by atoms with van der Waals surface area (Å²) in [6, 6.07) is 7.30. The van der Waals surface area contributed by atoms with Crippen molar-refractivity contribution in [2.24, 2.45) is 0 Å². The van der Waals surface area contributed by atoms with Gasteiger partial charge >= 0.3 is 11.9 Å². The number of benzene rings is 1. The molecule has 0 aliphatic heterocycles. The summed E-state index contributed by atoms with van der Waals surface area (Å²) in [7, 11) is 2.55. The maximum absolute atomic E-state index is 11.7. The van der Waals surface area contributed by atoms with Crippen LogP contribution < -0.4 is 4.74 Å².